The number of nitrogens with zero attached hydrogens (tertiary/aromatic N) is 3. The van der Waals surface area contributed by atoms with Crippen LogP contribution in [0.1, 0.15) is 19.3 Å². The summed E-state index contributed by atoms with van der Waals surface area (Å²) in [6.45, 7) is 3.30. The molecule has 1 saturated carbocycles. The van der Waals surface area contributed by atoms with Crippen molar-refractivity contribution in [2.75, 3.05) is 0 Å². The summed E-state index contributed by atoms with van der Waals surface area (Å²) in [5, 5.41) is 5.26. The Balaban J connectivity index is 2.49. The minimum atomic E-state index is 0.275. The standard InChI is InChI=1S/C6H9BrClN3O/c1-9-6(7)10-11(12-8)5-3-2-4-5/h5H,1-4H2/b10-6-. The Morgan fingerprint density at radius 2 is 2.33 bits per heavy atom. The molecule has 1 aliphatic carbocycles. The van der Waals surface area contributed by atoms with E-state index in [1.807, 2.05) is 0 Å². The predicted octanol–water partition coefficient (Wildman–Crippen LogP) is 2.29. The first-order valence-electron chi connectivity index (χ1n) is 3.56. The molecule has 0 heterocycles. The van der Waals surface area contributed by atoms with E-state index < -0.39 is 0 Å². The van der Waals surface area contributed by atoms with Gasteiger partial charge in [0.05, 0.1) is 17.9 Å². The maximum atomic E-state index is 5.21. The van der Waals surface area contributed by atoms with Crippen LogP contribution in [0, 0.1) is 0 Å². The van der Waals surface area contributed by atoms with Crippen LogP contribution in [0.3, 0.4) is 0 Å². The number of hydrazone groups is 1. The average molecular weight is 255 g/mol. The zero-order valence-corrected chi connectivity index (χ0v) is 8.75. The highest BCUT2D eigenvalue weighted by molar-refractivity contribution is 9.18. The van der Waals surface area contributed by atoms with E-state index in [-0.39, 0.29) is 6.04 Å². The normalized spacial score (nSPS) is 18.7. The summed E-state index contributed by atoms with van der Waals surface area (Å²) in [5.41, 5.74) is 0. The fourth-order valence-electron chi connectivity index (χ4n) is 0.874. The van der Waals surface area contributed by atoms with Gasteiger partial charge in [0, 0.05) is 0 Å². The van der Waals surface area contributed by atoms with Crippen LogP contribution in [0.5, 0.6) is 0 Å². The third kappa shape index (κ3) is 2.43. The minimum Gasteiger partial charge on any atom is -0.237 e. The molecule has 0 aliphatic heterocycles. The number of halogens is 2. The largest absolute Gasteiger partial charge is 0.237 e. The summed E-state index contributed by atoms with van der Waals surface area (Å²) in [6.07, 6.45) is 3.29. The van der Waals surface area contributed by atoms with Crippen molar-refractivity contribution in [2.45, 2.75) is 25.3 Å². The van der Waals surface area contributed by atoms with Gasteiger partial charge in [-0.05, 0) is 41.9 Å². The van der Waals surface area contributed by atoms with Gasteiger partial charge in [0.1, 0.15) is 0 Å². The van der Waals surface area contributed by atoms with E-state index >= 15 is 0 Å². The quantitative estimate of drug-likeness (QED) is 0.335. The summed E-state index contributed by atoms with van der Waals surface area (Å²) < 4.78 is 4.90. The van der Waals surface area contributed by atoms with Crippen LogP contribution in [0.2, 0.25) is 0 Å². The third-order valence-corrected chi connectivity index (χ3v) is 2.32. The second-order valence-corrected chi connectivity index (χ2v) is 3.33. The fraction of sp³-hybridized carbons (Fsp3) is 0.667. The SMILES string of the molecule is C=N/C(Br)=N\N(OCl)C1CCC1. The van der Waals surface area contributed by atoms with Crippen molar-refractivity contribution in [3.8, 4) is 0 Å². The van der Waals surface area contributed by atoms with Crippen molar-refractivity contribution >= 4 is 39.3 Å². The van der Waals surface area contributed by atoms with Crippen LogP contribution in [0.15, 0.2) is 10.1 Å². The molecular weight excluding hydrogens is 245 g/mol. The van der Waals surface area contributed by atoms with Gasteiger partial charge >= 0.3 is 0 Å². The first kappa shape index (κ1) is 9.95. The van der Waals surface area contributed by atoms with E-state index in [1.54, 1.807) is 0 Å². The molecule has 0 aromatic carbocycles. The lowest BCUT2D eigenvalue weighted by Crippen LogP contribution is -2.34. The monoisotopic (exact) mass is 253 g/mol. The van der Waals surface area contributed by atoms with Gasteiger partial charge in [-0.25, -0.2) is 4.99 Å². The molecule has 0 spiro atoms. The van der Waals surface area contributed by atoms with E-state index in [2.05, 4.69) is 37.1 Å². The van der Waals surface area contributed by atoms with Gasteiger partial charge < -0.3 is 0 Å². The Bertz CT molecular complexity index is 195. The van der Waals surface area contributed by atoms with Crippen LogP contribution in [0.4, 0.5) is 0 Å². The Hall–Kier alpha value is -0.130. The number of hydrogen-bond donors (Lipinski definition) is 0. The highest BCUT2D eigenvalue weighted by atomic mass is 79.9. The molecule has 6 heteroatoms. The summed E-state index contributed by atoms with van der Waals surface area (Å²) >= 11 is 8.29. The van der Waals surface area contributed by atoms with E-state index in [4.69, 9.17) is 11.9 Å². The molecule has 0 aromatic heterocycles. The van der Waals surface area contributed by atoms with Gasteiger partial charge in [-0.3, -0.25) is 0 Å². The molecular formula is C6H9BrClN3O. The molecule has 0 radical (unpaired) electrons. The summed E-state index contributed by atoms with van der Waals surface area (Å²) in [7, 11) is 0. The molecule has 0 bridgehead atoms. The highest BCUT2D eigenvalue weighted by Gasteiger charge is 2.25. The summed E-state index contributed by atoms with van der Waals surface area (Å²) in [4.78, 5) is 3.55. The number of amidine groups is 1. The lowest BCUT2D eigenvalue weighted by Gasteiger charge is -2.31. The Kier molecular flexibility index (Phi) is 3.97. The summed E-state index contributed by atoms with van der Waals surface area (Å²) in [6, 6.07) is 0.275. The molecule has 68 valence electrons. The Morgan fingerprint density at radius 1 is 1.67 bits per heavy atom. The first-order chi connectivity index (χ1) is 5.77. The summed E-state index contributed by atoms with van der Waals surface area (Å²) in [5.74, 6) is 0. The van der Waals surface area contributed by atoms with E-state index in [0.29, 0.717) is 4.74 Å². The fourth-order valence-corrected chi connectivity index (χ4v) is 1.17. The van der Waals surface area contributed by atoms with Crippen LogP contribution < -0.4 is 0 Å². The molecule has 1 aliphatic rings. The van der Waals surface area contributed by atoms with Crippen molar-refractivity contribution in [1.82, 2.24) is 5.17 Å². The van der Waals surface area contributed by atoms with E-state index in [0.717, 1.165) is 12.8 Å². The Morgan fingerprint density at radius 3 is 2.67 bits per heavy atom. The van der Waals surface area contributed by atoms with Crippen LogP contribution in [0.25, 0.3) is 0 Å². The zero-order chi connectivity index (χ0) is 8.97. The molecule has 4 nitrogen and oxygen atoms in total. The number of hydroxylamine groups is 1. The molecule has 0 amide bonds. The van der Waals surface area contributed by atoms with Gasteiger partial charge in [0.15, 0.2) is 0 Å². The number of aliphatic imine (C=N–C) groups is 1. The van der Waals surface area contributed by atoms with E-state index in [1.165, 1.54) is 11.6 Å². The highest BCUT2D eigenvalue weighted by Crippen LogP contribution is 2.26. The lowest BCUT2D eigenvalue weighted by atomic mass is 9.94. The van der Waals surface area contributed by atoms with Gasteiger partial charge in [0.25, 0.3) is 0 Å². The number of rotatable bonds is 3. The van der Waals surface area contributed by atoms with Crippen LogP contribution in [-0.4, -0.2) is 22.7 Å². The van der Waals surface area contributed by atoms with Gasteiger partial charge in [-0.1, -0.05) is 0 Å². The first-order valence-corrected chi connectivity index (χ1v) is 4.67. The molecule has 0 aromatic rings. The third-order valence-electron chi connectivity index (χ3n) is 1.77. The van der Waals surface area contributed by atoms with Crippen LogP contribution >= 0.6 is 27.8 Å². The second kappa shape index (κ2) is 4.79. The predicted molar refractivity (Wildman–Crippen MR) is 52.3 cm³/mol. The maximum Gasteiger partial charge on any atom is 0.217 e. The average Bonchev–Trinajstić information content (AvgIpc) is 1.99. The van der Waals surface area contributed by atoms with Gasteiger partial charge in [0.2, 0.25) is 4.74 Å². The molecule has 12 heavy (non-hydrogen) atoms. The van der Waals surface area contributed by atoms with Crippen molar-refractivity contribution in [1.29, 1.82) is 0 Å². The molecule has 1 rings (SSSR count). The van der Waals surface area contributed by atoms with Crippen molar-refractivity contribution in [3.05, 3.63) is 0 Å². The smallest absolute Gasteiger partial charge is 0.217 e. The van der Waals surface area contributed by atoms with Crippen molar-refractivity contribution in [2.24, 2.45) is 10.1 Å². The maximum absolute atomic E-state index is 5.21. The van der Waals surface area contributed by atoms with Gasteiger partial charge in [-0.15, -0.1) is 14.7 Å². The molecule has 0 atom stereocenters. The molecule has 1 fully saturated rings. The Labute approximate surface area is 84.5 Å². The second-order valence-electron chi connectivity index (χ2n) is 2.48. The lowest BCUT2D eigenvalue weighted by molar-refractivity contribution is -0.111. The van der Waals surface area contributed by atoms with E-state index in [9.17, 15) is 0 Å². The van der Waals surface area contributed by atoms with Crippen molar-refractivity contribution < 1.29 is 4.39 Å². The molecule has 0 N–H and O–H groups in total. The van der Waals surface area contributed by atoms with Crippen LogP contribution in [-0.2, 0) is 4.39 Å². The molecule has 0 unspecified atom stereocenters. The zero-order valence-electron chi connectivity index (χ0n) is 6.41. The minimum absolute atomic E-state index is 0.275. The number of hydrogen-bond acceptors (Lipinski definition) is 3. The van der Waals surface area contributed by atoms with Gasteiger partial charge in [-0.2, -0.15) is 0 Å². The molecule has 0 saturated heterocycles. The topological polar surface area (TPSA) is 37.2 Å². The van der Waals surface area contributed by atoms with Crippen molar-refractivity contribution in [3.63, 3.8) is 0 Å².